The fraction of sp³-hybridized carbons (Fsp3) is 0.375. The summed E-state index contributed by atoms with van der Waals surface area (Å²) in [7, 11) is 1.57. The topological polar surface area (TPSA) is 55.1 Å². The van der Waals surface area contributed by atoms with Gasteiger partial charge in [0.25, 0.3) is 0 Å². The minimum absolute atomic E-state index is 0.339. The molecular formula is C16H16Cl2N2O2. The number of benzene rings is 1. The fourth-order valence-corrected chi connectivity index (χ4v) is 2.50. The zero-order chi connectivity index (χ0) is 15.9. The first-order valence-electron chi connectivity index (χ1n) is 6.96. The molecule has 0 aliphatic rings. The van der Waals surface area contributed by atoms with Crippen LogP contribution in [-0.4, -0.2) is 24.6 Å². The molecule has 0 fully saturated rings. The third-order valence-corrected chi connectivity index (χ3v) is 3.92. The number of methoxy groups -OCH3 is 1. The lowest BCUT2D eigenvalue weighted by Gasteiger charge is -2.12. The van der Waals surface area contributed by atoms with Crippen LogP contribution in [0.5, 0.6) is 11.5 Å². The highest BCUT2D eigenvalue weighted by Crippen LogP contribution is 2.35. The molecule has 2 rings (SSSR count). The first-order valence-corrected chi connectivity index (χ1v) is 7.87. The van der Waals surface area contributed by atoms with E-state index in [-0.39, 0.29) is 0 Å². The Morgan fingerprint density at radius 2 is 2.05 bits per heavy atom. The van der Waals surface area contributed by atoms with Gasteiger partial charge in [0.1, 0.15) is 6.07 Å². The summed E-state index contributed by atoms with van der Waals surface area (Å²) in [6.07, 6.45) is 4.39. The zero-order valence-corrected chi connectivity index (χ0v) is 13.7. The van der Waals surface area contributed by atoms with Crippen molar-refractivity contribution in [1.29, 1.82) is 5.26 Å². The first-order chi connectivity index (χ1) is 10.7. The normalized spacial score (nSPS) is 10.5. The van der Waals surface area contributed by atoms with Crippen molar-refractivity contribution in [2.75, 3.05) is 19.6 Å². The van der Waals surface area contributed by atoms with Gasteiger partial charge in [0.15, 0.2) is 11.5 Å². The Balaban J connectivity index is 2.26. The standard InChI is InChI=1S/C16H16Cl2N2O2/c1-21-14-7-12-13(20-10-11(9-19)16(12)18)8-15(14)22-6-4-2-3-5-17/h7-8,10H,2-6H2,1H3. The van der Waals surface area contributed by atoms with Gasteiger partial charge in [-0.05, 0) is 25.3 Å². The van der Waals surface area contributed by atoms with E-state index in [2.05, 4.69) is 4.98 Å². The van der Waals surface area contributed by atoms with Crippen LogP contribution in [-0.2, 0) is 0 Å². The Hall–Kier alpha value is -1.70. The predicted molar refractivity (Wildman–Crippen MR) is 88.1 cm³/mol. The molecule has 6 heteroatoms. The van der Waals surface area contributed by atoms with Gasteiger partial charge in [-0.2, -0.15) is 5.26 Å². The summed E-state index contributed by atoms with van der Waals surface area (Å²) >= 11 is 11.9. The maximum Gasteiger partial charge on any atom is 0.163 e. The lowest BCUT2D eigenvalue weighted by atomic mass is 10.1. The molecule has 1 heterocycles. The Labute approximate surface area is 139 Å². The van der Waals surface area contributed by atoms with Crippen LogP contribution in [0.4, 0.5) is 0 Å². The van der Waals surface area contributed by atoms with Gasteiger partial charge in [-0.15, -0.1) is 11.6 Å². The van der Waals surface area contributed by atoms with Crippen molar-refractivity contribution in [1.82, 2.24) is 4.98 Å². The van der Waals surface area contributed by atoms with Gasteiger partial charge in [-0.25, -0.2) is 0 Å². The average Bonchev–Trinajstić information content (AvgIpc) is 2.54. The molecule has 0 N–H and O–H groups in total. The molecule has 0 atom stereocenters. The summed E-state index contributed by atoms with van der Waals surface area (Å²) in [6, 6.07) is 5.55. The third kappa shape index (κ3) is 3.73. The van der Waals surface area contributed by atoms with Crippen molar-refractivity contribution in [2.24, 2.45) is 0 Å². The number of nitriles is 1. The van der Waals surface area contributed by atoms with Crippen LogP contribution in [0.2, 0.25) is 5.02 Å². The molecule has 0 aliphatic heterocycles. The Morgan fingerprint density at radius 1 is 1.23 bits per heavy atom. The van der Waals surface area contributed by atoms with Crippen molar-refractivity contribution in [3.8, 4) is 17.6 Å². The molecule has 0 saturated carbocycles. The number of aromatic nitrogens is 1. The lowest BCUT2D eigenvalue weighted by Crippen LogP contribution is -2.00. The maximum absolute atomic E-state index is 9.01. The molecule has 0 unspecified atom stereocenters. The number of hydrogen-bond acceptors (Lipinski definition) is 4. The van der Waals surface area contributed by atoms with E-state index in [0.29, 0.717) is 45.5 Å². The molecular weight excluding hydrogens is 323 g/mol. The SMILES string of the molecule is COc1cc2c(Cl)c(C#N)cnc2cc1OCCCCCCl. The van der Waals surface area contributed by atoms with Gasteiger partial charge in [0.05, 0.1) is 29.8 Å². The highest BCUT2D eigenvalue weighted by atomic mass is 35.5. The second-order valence-corrected chi connectivity index (χ2v) is 5.47. The van der Waals surface area contributed by atoms with Gasteiger partial charge >= 0.3 is 0 Å². The molecule has 0 spiro atoms. The van der Waals surface area contributed by atoms with Crippen LogP contribution in [0.1, 0.15) is 24.8 Å². The maximum atomic E-state index is 9.01. The van der Waals surface area contributed by atoms with Gasteiger partial charge in [-0.3, -0.25) is 4.98 Å². The lowest BCUT2D eigenvalue weighted by molar-refractivity contribution is 0.286. The number of unbranched alkanes of at least 4 members (excludes halogenated alkanes) is 2. The van der Waals surface area contributed by atoms with E-state index in [4.69, 9.17) is 37.9 Å². The Kier molecular flexibility index (Phi) is 6.11. The predicted octanol–water partition coefficient (Wildman–Crippen LogP) is 4.56. The van der Waals surface area contributed by atoms with Gasteiger partial charge in [-0.1, -0.05) is 11.6 Å². The molecule has 1 aromatic carbocycles. The molecule has 2 aromatic rings. The highest BCUT2D eigenvalue weighted by molar-refractivity contribution is 6.36. The molecule has 0 saturated heterocycles. The number of pyridine rings is 1. The van der Waals surface area contributed by atoms with Crippen LogP contribution < -0.4 is 9.47 Å². The summed E-state index contributed by atoms with van der Waals surface area (Å²) in [5.41, 5.74) is 1.01. The number of halogens is 2. The van der Waals surface area contributed by atoms with Crippen LogP contribution >= 0.6 is 23.2 Å². The third-order valence-electron chi connectivity index (χ3n) is 3.24. The molecule has 0 aliphatic carbocycles. The van der Waals surface area contributed by atoms with Gasteiger partial charge < -0.3 is 9.47 Å². The second kappa shape index (κ2) is 8.07. The summed E-state index contributed by atoms with van der Waals surface area (Å²) in [4.78, 5) is 4.25. The van der Waals surface area contributed by atoms with E-state index in [1.54, 1.807) is 19.2 Å². The average molecular weight is 339 g/mol. The van der Waals surface area contributed by atoms with Gasteiger partial charge in [0, 0.05) is 23.5 Å². The van der Waals surface area contributed by atoms with Gasteiger partial charge in [0.2, 0.25) is 0 Å². The van der Waals surface area contributed by atoms with E-state index in [1.807, 2.05) is 6.07 Å². The van der Waals surface area contributed by atoms with Crippen molar-refractivity contribution in [3.63, 3.8) is 0 Å². The summed E-state index contributed by atoms with van der Waals surface area (Å²) < 4.78 is 11.1. The Bertz CT molecular complexity index is 699. The van der Waals surface area contributed by atoms with E-state index in [1.165, 1.54) is 6.20 Å². The van der Waals surface area contributed by atoms with Crippen LogP contribution in [0.3, 0.4) is 0 Å². The fourth-order valence-electron chi connectivity index (χ4n) is 2.07. The number of nitrogens with zero attached hydrogens (tertiary/aromatic N) is 2. The van der Waals surface area contributed by atoms with Crippen molar-refractivity contribution in [2.45, 2.75) is 19.3 Å². The minimum atomic E-state index is 0.339. The number of fused-ring (bicyclic) bond motifs is 1. The molecule has 116 valence electrons. The molecule has 0 bridgehead atoms. The molecule has 0 radical (unpaired) electrons. The van der Waals surface area contributed by atoms with E-state index < -0.39 is 0 Å². The molecule has 4 nitrogen and oxygen atoms in total. The largest absolute Gasteiger partial charge is 0.493 e. The molecule has 0 amide bonds. The Morgan fingerprint density at radius 3 is 2.73 bits per heavy atom. The van der Waals surface area contributed by atoms with Crippen molar-refractivity contribution in [3.05, 3.63) is 28.9 Å². The van der Waals surface area contributed by atoms with Crippen LogP contribution in [0.25, 0.3) is 10.9 Å². The van der Waals surface area contributed by atoms with Crippen LogP contribution in [0, 0.1) is 11.3 Å². The number of ether oxygens (including phenoxy) is 2. The van der Waals surface area contributed by atoms with Crippen molar-refractivity contribution >= 4 is 34.1 Å². The summed E-state index contributed by atoms with van der Waals surface area (Å²) in [5.74, 6) is 1.86. The van der Waals surface area contributed by atoms with E-state index in [0.717, 1.165) is 19.3 Å². The highest BCUT2D eigenvalue weighted by Gasteiger charge is 2.12. The monoisotopic (exact) mass is 338 g/mol. The van der Waals surface area contributed by atoms with Crippen LogP contribution in [0.15, 0.2) is 18.3 Å². The van der Waals surface area contributed by atoms with E-state index >= 15 is 0 Å². The van der Waals surface area contributed by atoms with E-state index in [9.17, 15) is 0 Å². The number of rotatable bonds is 7. The number of hydrogen-bond donors (Lipinski definition) is 0. The first kappa shape index (κ1) is 16.7. The summed E-state index contributed by atoms with van der Waals surface area (Å²) in [5, 5.41) is 10.1. The quantitative estimate of drug-likeness (QED) is 0.548. The minimum Gasteiger partial charge on any atom is -0.493 e. The zero-order valence-electron chi connectivity index (χ0n) is 12.2. The molecule has 22 heavy (non-hydrogen) atoms. The molecule has 1 aromatic heterocycles. The smallest absolute Gasteiger partial charge is 0.163 e. The number of alkyl halides is 1. The summed E-state index contributed by atoms with van der Waals surface area (Å²) in [6.45, 7) is 0.586. The second-order valence-electron chi connectivity index (χ2n) is 4.72. The van der Waals surface area contributed by atoms with Crippen molar-refractivity contribution < 1.29 is 9.47 Å².